The molecule has 0 aliphatic carbocycles. The third kappa shape index (κ3) is 3.13. The van der Waals surface area contributed by atoms with Gasteiger partial charge in [0.1, 0.15) is 0 Å². The van der Waals surface area contributed by atoms with E-state index in [4.69, 9.17) is 11.6 Å². The zero-order valence-corrected chi connectivity index (χ0v) is 11.6. The van der Waals surface area contributed by atoms with E-state index in [9.17, 15) is 0 Å². The maximum atomic E-state index is 5.86. The fourth-order valence-electron chi connectivity index (χ4n) is 2.02. The molecule has 0 unspecified atom stereocenters. The monoisotopic (exact) mass is 283 g/mol. The van der Waals surface area contributed by atoms with Gasteiger partial charge in [-0.2, -0.15) is 0 Å². The van der Waals surface area contributed by atoms with E-state index < -0.39 is 0 Å². The van der Waals surface area contributed by atoms with E-state index in [0.29, 0.717) is 6.54 Å². The van der Waals surface area contributed by atoms with Gasteiger partial charge in [-0.1, -0.05) is 35.9 Å². The van der Waals surface area contributed by atoms with Gasteiger partial charge in [-0.15, -0.1) is 0 Å². The van der Waals surface area contributed by atoms with E-state index in [1.165, 1.54) is 5.56 Å². The summed E-state index contributed by atoms with van der Waals surface area (Å²) in [5, 5.41) is 4.12. The molecule has 0 aliphatic rings. The molecule has 0 bridgehead atoms. The van der Waals surface area contributed by atoms with Crippen LogP contribution in [0.4, 0.5) is 0 Å². The van der Waals surface area contributed by atoms with E-state index in [-0.39, 0.29) is 0 Å². The van der Waals surface area contributed by atoms with Gasteiger partial charge in [0.15, 0.2) is 0 Å². The summed E-state index contributed by atoms with van der Waals surface area (Å²) in [6, 6.07) is 15.7. The molecule has 2 aromatic carbocycles. The minimum absolute atomic E-state index is 0.695. The lowest BCUT2D eigenvalue weighted by Gasteiger charge is -2.05. The summed E-state index contributed by atoms with van der Waals surface area (Å²) in [4.78, 5) is 8.97. The van der Waals surface area contributed by atoms with Crippen molar-refractivity contribution in [1.82, 2.24) is 15.3 Å². The van der Waals surface area contributed by atoms with Crippen molar-refractivity contribution in [1.29, 1.82) is 0 Å². The van der Waals surface area contributed by atoms with Crippen LogP contribution in [-0.4, -0.2) is 9.97 Å². The van der Waals surface area contributed by atoms with Crippen molar-refractivity contribution in [2.45, 2.75) is 13.1 Å². The molecule has 3 nitrogen and oxygen atoms in total. The van der Waals surface area contributed by atoms with Crippen LogP contribution in [0.1, 0.15) is 11.3 Å². The SMILES string of the molecule is Clc1ccc(CNCc2cnc3ccccc3n2)cc1. The van der Waals surface area contributed by atoms with Gasteiger partial charge in [0.2, 0.25) is 0 Å². The number of hydrogen-bond donors (Lipinski definition) is 1. The summed E-state index contributed by atoms with van der Waals surface area (Å²) in [7, 11) is 0. The van der Waals surface area contributed by atoms with Crippen LogP contribution in [0.5, 0.6) is 0 Å². The number of nitrogens with zero attached hydrogens (tertiary/aromatic N) is 2. The number of fused-ring (bicyclic) bond motifs is 1. The zero-order valence-electron chi connectivity index (χ0n) is 10.9. The standard InChI is InChI=1S/C16H14ClN3/c17-13-7-5-12(6-8-13)9-18-10-14-11-19-15-3-1-2-4-16(15)20-14/h1-8,11,18H,9-10H2. The van der Waals surface area contributed by atoms with Crippen LogP contribution in [0.3, 0.4) is 0 Å². The van der Waals surface area contributed by atoms with Gasteiger partial charge in [-0.05, 0) is 29.8 Å². The number of aromatic nitrogens is 2. The lowest BCUT2D eigenvalue weighted by atomic mass is 10.2. The smallest absolute Gasteiger partial charge is 0.0890 e. The van der Waals surface area contributed by atoms with E-state index >= 15 is 0 Å². The van der Waals surface area contributed by atoms with Crippen LogP contribution >= 0.6 is 11.6 Å². The van der Waals surface area contributed by atoms with E-state index in [2.05, 4.69) is 15.3 Å². The molecule has 0 saturated heterocycles. The van der Waals surface area contributed by atoms with Crippen molar-refractivity contribution in [3.63, 3.8) is 0 Å². The summed E-state index contributed by atoms with van der Waals surface area (Å²) < 4.78 is 0. The Bertz CT molecular complexity index is 710. The van der Waals surface area contributed by atoms with Gasteiger partial charge in [0, 0.05) is 18.1 Å². The van der Waals surface area contributed by atoms with E-state index in [1.54, 1.807) is 0 Å². The first kappa shape index (κ1) is 13.0. The number of nitrogens with one attached hydrogen (secondary N) is 1. The fraction of sp³-hybridized carbons (Fsp3) is 0.125. The van der Waals surface area contributed by atoms with Crippen LogP contribution in [0.25, 0.3) is 11.0 Å². The molecule has 3 rings (SSSR count). The van der Waals surface area contributed by atoms with Gasteiger partial charge < -0.3 is 5.32 Å². The average Bonchev–Trinajstić information content (AvgIpc) is 2.49. The van der Waals surface area contributed by atoms with Crippen molar-refractivity contribution in [2.75, 3.05) is 0 Å². The Hall–Kier alpha value is -1.97. The molecule has 1 heterocycles. The molecule has 100 valence electrons. The van der Waals surface area contributed by atoms with Crippen molar-refractivity contribution in [3.05, 3.63) is 71.0 Å². The Labute approximate surface area is 122 Å². The minimum atomic E-state index is 0.695. The van der Waals surface area contributed by atoms with Crippen molar-refractivity contribution in [3.8, 4) is 0 Å². The highest BCUT2D eigenvalue weighted by molar-refractivity contribution is 6.30. The summed E-state index contributed by atoms with van der Waals surface area (Å²) in [5.74, 6) is 0. The molecular formula is C16H14ClN3. The molecule has 0 aliphatic heterocycles. The minimum Gasteiger partial charge on any atom is -0.307 e. The van der Waals surface area contributed by atoms with Gasteiger partial charge in [0.05, 0.1) is 22.9 Å². The molecule has 3 aromatic rings. The summed E-state index contributed by atoms with van der Waals surface area (Å²) in [5.41, 5.74) is 3.99. The Morgan fingerprint density at radius 2 is 1.65 bits per heavy atom. The predicted molar refractivity (Wildman–Crippen MR) is 81.5 cm³/mol. The molecular weight excluding hydrogens is 270 g/mol. The van der Waals surface area contributed by atoms with Gasteiger partial charge in [0.25, 0.3) is 0 Å². The molecule has 0 saturated carbocycles. The third-order valence-electron chi connectivity index (χ3n) is 3.05. The van der Waals surface area contributed by atoms with Crippen LogP contribution in [0, 0.1) is 0 Å². The number of rotatable bonds is 4. The maximum absolute atomic E-state index is 5.86. The van der Waals surface area contributed by atoms with Crippen LogP contribution in [0.15, 0.2) is 54.7 Å². The summed E-state index contributed by atoms with van der Waals surface area (Å²) in [6.45, 7) is 1.48. The molecule has 1 N–H and O–H groups in total. The number of hydrogen-bond acceptors (Lipinski definition) is 3. The first-order chi connectivity index (χ1) is 9.81. The van der Waals surface area contributed by atoms with E-state index in [0.717, 1.165) is 28.3 Å². The van der Waals surface area contributed by atoms with Crippen molar-refractivity contribution >= 4 is 22.6 Å². The Morgan fingerprint density at radius 1 is 0.900 bits per heavy atom. The molecule has 0 radical (unpaired) electrons. The lowest BCUT2D eigenvalue weighted by Crippen LogP contribution is -2.13. The highest BCUT2D eigenvalue weighted by Gasteiger charge is 1.99. The van der Waals surface area contributed by atoms with Gasteiger partial charge >= 0.3 is 0 Å². The second kappa shape index (κ2) is 5.99. The van der Waals surface area contributed by atoms with E-state index in [1.807, 2.05) is 54.7 Å². The summed E-state index contributed by atoms with van der Waals surface area (Å²) >= 11 is 5.86. The fourth-order valence-corrected chi connectivity index (χ4v) is 2.14. The average molecular weight is 284 g/mol. The van der Waals surface area contributed by atoms with Crippen LogP contribution in [0.2, 0.25) is 5.02 Å². The topological polar surface area (TPSA) is 37.8 Å². The molecule has 0 spiro atoms. The van der Waals surface area contributed by atoms with Gasteiger partial charge in [-0.25, -0.2) is 4.98 Å². The number of benzene rings is 2. The Morgan fingerprint density at radius 3 is 2.45 bits per heavy atom. The molecule has 4 heteroatoms. The molecule has 1 aromatic heterocycles. The Balaban J connectivity index is 1.63. The molecule has 0 fully saturated rings. The highest BCUT2D eigenvalue weighted by atomic mass is 35.5. The largest absolute Gasteiger partial charge is 0.307 e. The molecule has 0 amide bonds. The zero-order chi connectivity index (χ0) is 13.8. The third-order valence-corrected chi connectivity index (χ3v) is 3.30. The molecule has 0 atom stereocenters. The first-order valence-electron chi connectivity index (χ1n) is 6.47. The normalized spacial score (nSPS) is 10.8. The predicted octanol–water partition coefficient (Wildman–Crippen LogP) is 3.57. The second-order valence-corrected chi connectivity index (χ2v) is 5.02. The number of halogens is 1. The highest BCUT2D eigenvalue weighted by Crippen LogP contribution is 2.10. The van der Waals surface area contributed by atoms with Crippen molar-refractivity contribution < 1.29 is 0 Å². The summed E-state index contributed by atoms with van der Waals surface area (Å²) in [6.07, 6.45) is 1.82. The Kier molecular flexibility index (Phi) is 3.90. The quantitative estimate of drug-likeness (QED) is 0.795. The van der Waals surface area contributed by atoms with Gasteiger partial charge in [-0.3, -0.25) is 4.98 Å². The van der Waals surface area contributed by atoms with Crippen LogP contribution in [-0.2, 0) is 13.1 Å². The maximum Gasteiger partial charge on any atom is 0.0890 e. The number of para-hydroxylation sites is 2. The lowest BCUT2D eigenvalue weighted by molar-refractivity contribution is 0.679. The second-order valence-electron chi connectivity index (χ2n) is 4.58. The van der Waals surface area contributed by atoms with Crippen molar-refractivity contribution in [2.24, 2.45) is 0 Å². The van der Waals surface area contributed by atoms with Crippen LogP contribution < -0.4 is 5.32 Å². The first-order valence-corrected chi connectivity index (χ1v) is 6.85. The molecule has 20 heavy (non-hydrogen) atoms.